The number of hydrogen-bond donors (Lipinski definition) is 2. The molecule has 2 aromatic rings. The molecule has 0 spiro atoms. The van der Waals surface area contributed by atoms with Crippen LogP contribution in [0.5, 0.6) is 11.5 Å². The molecule has 2 aromatic carbocycles. The number of nitrogens with zero attached hydrogens (tertiary/aromatic N) is 2. The SMILES string of the molecule is O=C(N/N=C\c1ccc(OCCOc2ccc([N+](=O)[O-])cc2)cc1)NC1CCCCC1. The van der Waals surface area contributed by atoms with Crippen LogP contribution in [0.4, 0.5) is 10.5 Å². The standard InChI is InChI=1S/C22H26N4O5/c27-22(24-18-4-2-1-3-5-18)25-23-16-17-6-10-20(11-7-17)30-14-15-31-21-12-8-19(9-13-21)26(28)29/h6-13,16,18H,1-5,14-15H2,(H2,24,25,27)/b23-16-. The predicted molar refractivity (Wildman–Crippen MR) is 117 cm³/mol. The van der Waals surface area contributed by atoms with Gasteiger partial charge in [0.15, 0.2) is 0 Å². The van der Waals surface area contributed by atoms with Gasteiger partial charge in [0.1, 0.15) is 24.7 Å². The van der Waals surface area contributed by atoms with E-state index in [1.165, 1.54) is 18.6 Å². The Kier molecular flexibility index (Phi) is 8.21. The van der Waals surface area contributed by atoms with Crippen molar-refractivity contribution in [3.05, 3.63) is 64.2 Å². The van der Waals surface area contributed by atoms with Crippen LogP contribution < -0.4 is 20.2 Å². The van der Waals surface area contributed by atoms with Gasteiger partial charge in [0.25, 0.3) is 5.69 Å². The Morgan fingerprint density at radius 3 is 2.16 bits per heavy atom. The fourth-order valence-corrected chi connectivity index (χ4v) is 3.26. The van der Waals surface area contributed by atoms with Crippen molar-refractivity contribution in [3.8, 4) is 11.5 Å². The van der Waals surface area contributed by atoms with Gasteiger partial charge in [-0.2, -0.15) is 5.10 Å². The van der Waals surface area contributed by atoms with Gasteiger partial charge in [-0.05, 0) is 54.8 Å². The molecule has 1 aliphatic rings. The molecule has 31 heavy (non-hydrogen) atoms. The second kappa shape index (κ2) is 11.5. The molecule has 2 amide bonds. The zero-order valence-corrected chi connectivity index (χ0v) is 17.2. The lowest BCUT2D eigenvalue weighted by Crippen LogP contribution is -2.41. The van der Waals surface area contributed by atoms with Crippen LogP contribution in [0.2, 0.25) is 0 Å². The van der Waals surface area contributed by atoms with Gasteiger partial charge in [0, 0.05) is 18.2 Å². The molecule has 0 saturated heterocycles. The average molecular weight is 426 g/mol. The van der Waals surface area contributed by atoms with Crippen LogP contribution in [0, 0.1) is 10.1 Å². The average Bonchev–Trinajstić information content (AvgIpc) is 2.79. The minimum Gasteiger partial charge on any atom is -0.490 e. The van der Waals surface area contributed by atoms with Gasteiger partial charge >= 0.3 is 6.03 Å². The number of nitro groups is 1. The smallest absolute Gasteiger partial charge is 0.335 e. The van der Waals surface area contributed by atoms with E-state index < -0.39 is 4.92 Å². The second-order valence-corrected chi connectivity index (χ2v) is 7.20. The van der Waals surface area contributed by atoms with Gasteiger partial charge in [-0.3, -0.25) is 10.1 Å². The van der Waals surface area contributed by atoms with Gasteiger partial charge in [-0.15, -0.1) is 0 Å². The maximum atomic E-state index is 11.9. The molecular formula is C22H26N4O5. The van der Waals surface area contributed by atoms with Crippen LogP contribution in [-0.4, -0.2) is 36.4 Å². The number of benzene rings is 2. The second-order valence-electron chi connectivity index (χ2n) is 7.20. The molecule has 0 heterocycles. The molecular weight excluding hydrogens is 400 g/mol. The summed E-state index contributed by atoms with van der Waals surface area (Å²) in [5.74, 6) is 1.22. The number of ether oxygens (including phenoxy) is 2. The Hall–Kier alpha value is -3.62. The van der Waals surface area contributed by atoms with Crippen LogP contribution in [0.25, 0.3) is 0 Å². The molecule has 0 aromatic heterocycles. The lowest BCUT2D eigenvalue weighted by atomic mass is 9.96. The number of carbonyl (C=O) groups is 1. The molecule has 1 saturated carbocycles. The van der Waals surface area contributed by atoms with E-state index in [2.05, 4.69) is 15.8 Å². The number of non-ortho nitro benzene ring substituents is 1. The first-order valence-electron chi connectivity index (χ1n) is 10.3. The minimum absolute atomic E-state index is 0.0206. The van der Waals surface area contributed by atoms with E-state index in [1.807, 2.05) is 12.1 Å². The number of hydrogen-bond acceptors (Lipinski definition) is 6. The highest BCUT2D eigenvalue weighted by Gasteiger charge is 2.14. The lowest BCUT2D eigenvalue weighted by Gasteiger charge is -2.22. The Balaban J connectivity index is 1.34. The van der Waals surface area contributed by atoms with Gasteiger partial charge in [-0.1, -0.05) is 19.3 Å². The van der Waals surface area contributed by atoms with E-state index in [1.54, 1.807) is 30.5 Å². The molecule has 0 radical (unpaired) electrons. The largest absolute Gasteiger partial charge is 0.490 e. The molecule has 1 aliphatic carbocycles. The molecule has 0 atom stereocenters. The topological polar surface area (TPSA) is 115 Å². The van der Waals surface area contributed by atoms with E-state index in [0.717, 1.165) is 31.2 Å². The number of nitrogens with one attached hydrogen (secondary N) is 2. The monoisotopic (exact) mass is 426 g/mol. The zero-order chi connectivity index (χ0) is 21.9. The third kappa shape index (κ3) is 7.61. The first-order valence-corrected chi connectivity index (χ1v) is 10.3. The van der Waals surface area contributed by atoms with E-state index in [9.17, 15) is 14.9 Å². The fourth-order valence-electron chi connectivity index (χ4n) is 3.26. The normalized spacial score (nSPS) is 14.2. The number of hydrazone groups is 1. The number of amides is 2. The van der Waals surface area contributed by atoms with Gasteiger partial charge in [-0.25, -0.2) is 10.2 Å². The van der Waals surface area contributed by atoms with E-state index in [0.29, 0.717) is 24.7 Å². The van der Waals surface area contributed by atoms with E-state index in [-0.39, 0.29) is 17.8 Å². The Labute approximate surface area is 180 Å². The first kappa shape index (κ1) is 22.1. The van der Waals surface area contributed by atoms with Gasteiger partial charge in [0.05, 0.1) is 11.1 Å². The molecule has 9 heteroatoms. The molecule has 3 rings (SSSR count). The van der Waals surface area contributed by atoms with Crippen LogP contribution in [0.15, 0.2) is 53.6 Å². The number of urea groups is 1. The molecule has 9 nitrogen and oxygen atoms in total. The third-order valence-electron chi connectivity index (χ3n) is 4.87. The summed E-state index contributed by atoms with van der Waals surface area (Å²) in [7, 11) is 0. The summed E-state index contributed by atoms with van der Waals surface area (Å²) in [6.45, 7) is 0.633. The third-order valence-corrected chi connectivity index (χ3v) is 4.87. The molecule has 0 unspecified atom stereocenters. The van der Waals surface area contributed by atoms with Crippen molar-refractivity contribution in [3.63, 3.8) is 0 Å². The highest BCUT2D eigenvalue weighted by atomic mass is 16.6. The minimum atomic E-state index is -0.455. The number of nitro benzene ring substituents is 1. The number of rotatable bonds is 9. The molecule has 0 aliphatic heterocycles. The summed E-state index contributed by atoms with van der Waals surface area (Å²) in [4.78, 5) is 22.0. The lowest BCUT2D eigenvalue weighted by molar-refractivity contribution is -0.384. The summed E-state index contributed by atoms with van der Waals surface area (Å²) in [6, 6.07) is 13.1. The Bertz CT molecular complexity index is 878. The van der Waals surface area contributed by atoms with Gasteiger partial charge in [0.2, 0.25) is 0 Å². The summed E-state index contributed by atoms with van der Waals surface area (Å²) in [5, 5.41) is 17.5. The van der Waals surface area contributed by atoms with Crippen LogP contribution in [0.1, 0.15) is 37.7 Å². The van der Waals surface area contributed by atoms with Gasteiger partial charge < -0.3 is 14.8 Å². The van der Waals surface area contributed by atoms with E-state index in [4.69, 9.17) is 9.47 Å². The Morgan fingerprint density at radius 2 is 1.58 bits per heavy atom. The van der Waals surface area contributed by atoms with Crippen LogP contribution in [0.3, 0.4) is 0 Å². The fraction of sp³-hybridized carbons (Fsp3) is 0.364. The maximum absolute atomic E-state index is 11.9. The quantitative estimate of drug-likeness (QED) is 0.272. The summed E-state index contributed by atoms with van der Waals surface area (Å²) in [6.07, 6.45) is 7.18. The zero-order valence-electron chi connectivity index (χ0n) is 17.2. The van der Waals surface area contributed by atoms with Crippen molar-refractivity contribution < 1.29 is 19.2 Å². The highest BCUT2D eigenvalue weighted by Crippen LogP contribution is 2.18. The maximum Gasteiger partial charge on any atom is 0.335 e. The molecule has 164 valence electrons. The number of carbonyl (C=O) groups excluding carboxylic acids is 1. The molecule has 1 fully saturated rings. The van der Waals surface area contributed by atoms with Crippen molar-refractivity contribution in [1.29, 1.82) is 0 Å². The molecule has 0 bridgehead atoms. The van der Waals surface area contributed by atoms with Crippen molar-refractivity contribution in [1.82, 2.24) is 10.7 Å². The van der Waals surface area contributed by atoms with Crippen molar-refractivity contribution >= 4 is 17.9 Å². The van der Waals surface area contributed by atoms with Crippen LogP contribution >= 0.6 is 0 Å². The highest BCUT2D eigenvalue weighted by molar-refractivity contribution is 5.82. The summed E-state index contributed by atoms with van der Waals surface area (Å²) >= 11 is 0. The van der Waals surface area contributed by atoms with Crippen molar-refractivity contribution in [2.75, 3.05) is 13.2 Å². The van der Waals surface area contributed by atoms with Crippen molar-refractivity contribution in [2.24, 2.45) is 5.10 Å². The summed E-state index contributed by atoms with van der Waals surface area (Å²) in [5.41, 5.74) is 3.34. The molecule has 2 N–H and O–H groups in total. The van der Waals surface area contributed by atoms with Crippen molar-refractivity contribution in [2.45, 2.75) is 38.1 Å². The Morgan fingerprint density at radius 1 is 1.00 bits per heavy atom. The first-order chi connectivity index (χ1) is 15.1. The predicted octanol–water partition coefficient (Wildman–Crippen LogP) is 4.02. The summed E-state index contributed by atoms with van der Waals surface area (Å²) < 4.78 is 11.1. The van der Waals surface area contributed by atoms with E-state index >= 15 is 0 Å². The van der Waals surface area contributed by atoms with Crippen LogP contribution in [-0.2, 0) is 0 Å².